The van der Waals surface area contributed by atoms with Crippen LogP contribution in [0.15, 0.2) is 0 Å². The molecule has 0 radical (unpaired) electrons. The highest BCUT2D eigenvalue weighted by atomic mass is 16.5. The van der Waals surface area contributed by atoms with Crippen molar-refractivity contribution in [2.45, 2.75) is 52.7 Å². The van der Waals surface area contributed by atoms with Gasteiger partial charge in [-0.25, -0.2) is 0 Å². The maximum atomic E-state index is 5.52. The highest BCUT2D eigenvalue weighted by molar-refractivity contribution is 4.61. The lowest BCUT2D eigenvalue weighted by atomic mass is 10.2. The summed E-state index contributed by atoms with van der Waals surface area (Å²) in [6, 6.07) is 0.644. The third kappa shape index (κ3) is 10.4. The fourth-order valence-electron chi connectivity index (χ4n) is 1.67. The van der Waals surface area contributed by atoms with E-state index in [-0.39, 0.29) is 0 Å². The molecule has 0 bridgehead atoms. The number of likely N-dealkylation sites (N-methyl/N-ethyl adjacent to an activating group) is 1. The molecule has 0 amide bonds. The van der Waals surface area contributed by atoms with Gasteiger partial charge >= 0.3 is 0 Å². The average Bonchev–Trinajstić information content (AvgIpc) is 2.17. The Bertz CT molecular complexity index is 151. The highest BCUT2D eigenvalue weighted by Crippen LogP contribution is 1.98. The lowest BCUT2D eigenvalue weighted by molar-refractivity contribution is 0.0635. The Labute approximate surface area is 102 Å². The second-order valence-corrected chi connectivity index (χ2v) is 4.82. The van der Waals surface area contributed by atoms with E-state index in [9.17, 15) is 0 Å². The summed E-state index contributed by atoms with van der Waals surface area (Å²) in [5.41, 5.74) is 0. The van der Waals surface area contributed by atoms with Gasteiger partial charge in [-0.1, -0.05) is 6.92 Å². The van der Waals surface area contributed by atoms with Crippen molar-refractivity contribution in [1.82, 2.24) is 10.2 Å². The minimum atomic E-state index is 0.349. The van der Waals surface area contributed by atoms with E-state index >= 15 is 0 Å². The minimum Gasteiger partial charge on any atom is -0.377 e. The molecule has 0 aliphatic rings. The van der Waals surface area contributed by atoms with Crippen LogP contribution in [0.25, 0.3) is 0 Å². The average molecular weight is 230 g/mol. The molecule has 98 valence electrons. The van der Waals surface area contributed by atoms with Crippen LogP contribution in [0.2, 0.25) is 0 Å². The predicted molar refractivity (Wildman–Crippen MR) is 71.0 cm³/mol. The maximum Gasteiger partial charge on any atom is 0.0596 e. The summed E-state index contributed by atoms with van der Waals surface area (Å²) in [6.07, 6.45) is 2.86. The zero-order chi connectivity index (χ0) is 12.4. The quantitative estimate of drug-likeness (QED) is 0.622. The van der Waals surface area contributed by atoms with Crippen LogP contribution in [0.4, 0.5) is 0 Å². The highest BCUT2D eigenvalue weighted by Gasteiger charge is 2.02. The Morgan fingerprint density at radius 3 is 2.44 bits per heavy atom. The SMILES string of the molecule is CCNC(C)CCCN(C)CCOC(C)C. The third-order valence-corrected chi connectivity index (χ3v) is 2.65. The molecule has 0 saturated carbocycles. The van der Waals surface area contributed by atoms with Gasteiger partial charge in [0.15, 0.2) is 0 Å². The Morgan fingerprint density at radius 2 is 1.88 bits per heavy atom. The van der Waals surface area contributed by atoms with E-state index in [1.54, 1.807) is 0 Å². The van der Waals surface area contributed by atoms with Crippen LogP contribution in [-0.4, -0.2) is 50.3 Å². The summed E-state index contributed by atoms with van der Waals surface area (Å²) < 4.78 is 5.52. The molecule has 1 N–H and O–H groups in total. The van der Waals surface area contributed by atoms with Crippen LogP contribution in [0.5, 0.6) is 0 Å². The van der Waals surface area contributed by atoms with Crippen molar-refractivity contribution in [1.29, 1.82) is 0 Å². The van der Waals surface area contributed by atoms with E-state index in [1.807, 2.05) is 0 Å². The summed E-state index contributed by atoms with van der Waals surface area (Å²) in [7, 11) is 2.17. The fourth-order valence-corrected chi connectivity index (χ4v) is 1.67. The first-order valence-electron chi connectivity index (χ1n) is 6.59. The topological polar surface area (TPSA) is 24.5 Å². The molecule has 0 aromatic rings. The van der Waals surface area contributed by atoms with Gasteiger partial charge < -0.3 is 15.0 Å². The first kappa shape index (κ1) is 15.9. The van der Waals surface area contributed by atoms with Crippen LogP contribution < -0.4 is 5.32 Å². The predicted octanol–water partition coefficient (Wildman–Crippen LogP) is 2.12. The van der Waals surface area contributed by atoms with Gasteiger partial charge in [0.2, 0.25) is 0 Å². The molecule has 1 atom stereocenters. The van der Waals surface area contributed by atoms with Crippen molar-refractivity contribution in [2.75, 3.05) is 33.3 Å². The Hall–Kier alpha value is -0.120. The number of rotatable bonds is 10. The molecule has 0 spiro atoms. The summed E-state index contributed by atoms with van der Waals surface area (Å²) in [4.78, 5) is 2.35. The van der Waals surface area contributed by atoms with Gasteiger partial charge in [0.25, 0.3) is 0 Å². The number of hydrogen-bond donors (Lipinski definition) is 1. The van der Waals surface area contributed by atoms with Crippen molar-refractivity contribution in [3.63, 3.8) is 0 Å². The zero-order valence-electron chi connectivity index (χ0n) is 11.8. The van der Waals surface area contributed by atoms with Gasteiger partial charge in [-0.3, -0.25) is 0 Å². The van der Waals surface area contributed by atoms with Crippen LogP contribution in [0.3, 0.4) is 0 Å². The number of nitrogens with one attached hydrogen (secondary N) is 1. The molecular weight excluding hydrogens is 200 g/mol. The molecular formula is C13H30N2O. The standard InChI is InChI=1S/C13H30N2O/c1-6-14-13(4)8-7-9-15(5)10-11-16-12(2)3/h12-14H,6-11H2,1-5H3. The third-order valence-electron chi connectivity index (χ3n) is 2.65. The van der Waals surface area contributed by atoms with Crippen LogP contribution in [0.1, 0.15) is 40.5 Å². The molecule has 0 rings (SSSR count). The fraction of sp³-hybridized carbons (Fsp3) is 1.00. The second-order valence-electron chi connectivity index (χ2n) is 4.82. The number of hydrogen-bond acceptors (Lipinski definition) is 3. The molecule has 0 aromatic carbocycles. The van der Waals surface area contributed by atoms with Crippen molar-refractivity contribution in [2.24, 2.45) is 0 Å². The van der Waals surface area contributed by atoms with Crippen LogP contribution in [-0.2, 0) is 4.74 Å². The zero-order valence-corrected chi connectivity index (χ0v) is 11.8. The van der Waals surface area contributed by atoms with Crippen LogP contribution in [0, 0.1) is 0 Å². The lowest BCUT2D eigenvalue weighted by Crippen LogP contribution is -2.29. The molecule has 0 heterocycles. The summed E-state index contributed by atoms with van der Waals surface area (Å²) in [5, 5.41) is 3.43. The van der Waals surface area contributed by atoms with E-state index < -0.39 is 0 Å². The van der Waals surface area contributed by atoms with Crippen molar-refractivity contribution < 1.29 is 4.74 Å². The number of ether oxygens (including phenoxy) is 1. The summed E-state index contributed by atoms with van der Waals surface area (Å²) in [5.74, 6) is 0. The molecule has 0 aliphatic carbocycles. The van der Waals surface area contributed by atoms with E-state index in [1.165, 1.54) is 12.8 Å². The smallest absolute Gasteiger partial charge is 0.0596 e. The molecule has 1 unspecified atom stereocenters. The normalized spacial score (nSPS) is 13.7. The van der Waals surface area contributed by atoms with E-state index in [0.717, 1.165) is 26.2 Å². The minimum absolute atomic E-state index is 0.349. The molecule has 0 aromatic heterocycles. The first-order valence-corrected chi connectivity index (χ1v) is 6.59. The molecule has 3 nitrogen and oxygen atoms in total. The van der Waals surface area contributed by atoms with Crippen molar-refractivity contribution in [3.8, 4) is 0 Å². The van der Waals surface area contributed by atoms with Crippen LogP contribution >= 0.6 is 0 Å². The van der Waals surface area contributed by atoms with Gasteiger partial charge in [-0.15, -0.1) is 0 Å². The Balaban J connectivity index is 3.32. The van der Waals surface area contributed by atoms with Gasteiger partial charge in [0, 0.05) is 12.6 Å². The van der Waals surface area contributed by atoms with E-state index in [2.05, 4.69) is 45.0 Å². The van der Waals surface area contributed by atoms with Gasteiger partial charge in [-0.2, -0.15) is 0 Å². The molecule has 0 saturated heterocycles. The van der Waals surface area contributed by atoms with Gasteiger partial charge in [0.05, 0.1) is 12.7 Å². The maximum absolute atomic E-state index is 5.52. The number of nitrogens with zero attached hydrogens (tertiary/aromatic N) is 1. The molecule has 3 heteroatoms. The van der Waals surface area contributed by atoms with Crippen molar-refractivity contribution in [3.05, 3.63) is 0 Å². The summed E-state index contributed by atoms with van der Waals surface area (Å²) in [6.45, 7) is 12.7. The van der Waals surface area contributed by atoms with E-state index in [4.69, 9.17) is 4.74 Å². The van der Waals surface area contributed by atoms with Gasteiger partial charge in [-0.05, 0) is 53.8 Å². The first-order chi connectivity index (χ1) is 7.56. The largest absolute Gasteiger partial charge is 0.377 e. The molecule has 16 heavy (non-hydrogen) atoms. The monoisotopic (exact) mass is 230 g/mol. The Kier molecular flexibility index (Phi) is 9.99. The lowest BCUT2D eigenvalue weighted by Gasteiger charge is -2.19. The van der Waals surface area contributed by atoms with Gasteiger partial charge in [0.1, 0.15) is 0 Å². The molecule has 0 fully saturated rings. The van der Waals surface area contributed by atoms with E-state index in [0.29, 0.717) is 12.1 Å². The second kappa shape index (κ2) is 10.1. The van der Waals surface area contributed by atoms with Crippen molar-refractivity contribution >= 4 is 0 Å². The molecule has 0 aliphatic heterocycles. The summed E-state index contributed by atoms with van der Waals surface area (Å²) >= 11 is 0. The Morgan fingerprint density at radius 1 is 1.19 bits per heavy atom.